The summed E-state index contributed by atoms with van der Waals surface area (Å²) in [5.41, 5.74) is 2.57. The Morgan fingerprint density at radius 3 is 2.62 bits per heavy atom. The summed E-state index contributed by atoms with van der Waals surface area (Å²) in [7, 11) is 0. The maximum absolute atomic E-state index is 13.3. The predicted octanol–water partition coefficient (Wildman–Crippen LogP) is 5.19. The second kappa shape index (κ2) is 8.09. The van der Waals surface area contributed by atoms with E-state index in [1.165, 1.54) is 28.4 Å². The van der Waals surface area contributed by atoms with Crippen molar-refractivity contribution in [2.75, 3.05) is 6.54 Å². The van der Waals surface area contributed by atoms with E-state index in [1.807, 2.05) is 24.3 Å². The highest BCUT2D eigenvalue weighted by atomic mass is 32.1. The standard InChI is InChI=1S/C25H19FN2O3S/c26-16-9-7-15(8-10-16)11-12-28-22(18-14-27-19-5-2-1-4-17(18)19)21(24(30)25(28)31)23(29)20-6-3-13-32-20/h1-10,13-14,22,27,30H,11-12H2. The third-order valence-electron chi connectivity index (χ3n) is 5.76. The summed E-state index contributed by atoms with van der Waals surface area (Å²) < 4.78 is 13.3. The van der Waals surface area contributed by atoms with Crippen molar-refractivity contribution in [2.24, 2.45) is 0 Å². The lowest BCUT2D eigenvalue weighted by molar-refractivity contribution is -0.129. The van der Waals surface area contributed by atoms with Gasteiger partial charge in [0.2, 0.25) is 5.78 Å². The quantitative estimate of drug-likeness (QED) is 0.401. The van der Waals surface area contributed by atoms with E-state index < -0.39 is 17.7 Å². The number of fused-ring (bicyclic) bond motifs is 1. The number of H-pyrrole nitrogens is 1. The molecule has 0 radical (unpaired) electrons. The third-order valence-corrected chi connectivity index (χ3v) is 6.63. The molecule has 1 amide bonds. The van der Waals surface area contributed by atoms with Gasteiger partial charge in [-0.1, -0.05) is 36.4 Å². The van der Waals surface area contributed by atoms with Crippen LogP contribution in [0.2, 0.25) is 0 Å². The lowest BCUT2D eigenvalue weighted by Gasteiger charge is -2.26. The van der Waals surface area contributed by atoms with Crippen LogP contribution in [0.5, 0.6) is 0 Å². The molecule has 3 heterocycles. The summed E-state index contributed by atoms with van der Waals surface area (Å²) in [5.74, 6) is -1.78. The average Bonchev–Trinajstić information content (AvgIpc) is 3.53. The van der Waals surface area contributed by atoms with Crippen molar-refractivity contribution < 1.29 is 19.1 Å². The molecule has 0 fully saturated rings. The number of nitrogens with one attached hydrogen (secondary N) is 1. The highest BCUT2D eigenvalue weighted by Gasteiger charge is 2.44. The topological polar surface area (TPSA) is 73.4 Å². The summed E-state index contributed by atoms with van der Waals surface area (Å²) in [6.45, 7) is 0.264. The third kappa shape index (κ3) is 3.40. The van der Waals surface area contributed by atoms with Gasteiger partial charge in [-0.15, -0.1) is 11.3 Å². The Balaban J connectivity index is 1.57. The number of carbonyl (C=O) groups excluding carboxylic acids is 2. The number of aromatic amines is 1. The normalized spacial score (nSPS) is 16.3. The fraction of sp³-hybridized carbons (Fsp3) is 0.120. The Morgan fingerprint density at radius 1 is 1.09 bits per heavy atom. The first-order valence-corrected chi connectivity index (χ1v) is 11.1. The lowest BCUT2D eigenvalue weighted by atomic mass is 9.95. The molecule has 32 heavy (non-hydrogen) atoms. The van der Waals surface area contributed by atoms with Crippen molar-refractivity contribution >= 4 is 33.9 Å². The molecule has 0 bridgehead atoms. The maximum atomic E-state index is 13.3. The van der Waals surface area contributed by atoms with Crippen LogP contribution in [-0.2, 0) is 11.2 Å². The highest BCUT2D eigenvalue weighted by molar-refractivity contribution is 7.12. The fourth-order valence-electron chi connectivity index (χ4n) is 4.20. The van der Waals surface area contributed by atoms with Crippen LogP contribution in [0.25, 0.3) is 10.9 Å². The van der Waals surface area contributed by atoms with Crippen LogP contribution in [0.3, 0.4) is 0 Å². The van der Waals surface area contributed by atoms with Gasteiger partial charge in [-0.2, -0.15) is 0 Å². The van der Waals surface area contributed by atoms with E-state index in [0.717, 1.165) is 22.0 Å². The van der Waals surface area contributed by atoms with Crippen molar-refractivity contribution in [3.8, 4) is 0 Å². The number of ketones is 1. The van der Waals surface area contributed by atoms with Gasteiger partial charge in [0, 0.05) is 29.2 Å². The second-order valence-corrected chi connectivity index (χ2v) is 8.58. The van der Waals surface area contributed by atoms with Gasteiger partial charge >= 0.3 is 0 Å². The Morgan fingerprint density at radius 2 is 1.88 bits per heavy atom. The fourth-order valence-corrected chi connectivity index (χ4v) is 4.88. The number of thiophene rings is 1. The van der Waals surface area contributed by atoms with E-state index in [-0.39, 0.29) is 23.7 Å². The van der Waals surface area contributed by atoms with Gasteiger partial charge in [0.05, 0.1) is 16.5 Å². The number of aliphatic hydroxyl groups is 1. The van der Waals surface area contributed by atoms with Crippen LogP contribution in [0.4, 0.5) is 4.39 Å². The van der Waals surface area contributed by atoms with Crippen LogP contribution in [0.1, 0.15) is 26.8 Å². The molecular formula is C25H19FN2O3S. The molecule has 0 saturated carbocycles. The smallest absolute Gasteiger partial charge is 0.290 e. The number of amides is 1. The molecule has 1 atom stereocenters. The van der Waals surface area contributed by atoms with Crippen molar-refractivity contribution in [1.82, 2.24) is 9.88 Å². The summed E-state index contributed by atoms with van der Waals surface area (Å²) in [6, 6.07) is 16.4. The zero-order chi connectivity index (χ0) is 22.2. The molecule has 0 aliphatic carbocycles. The molecule has 2 N–H and O–H groups in total. The first kappa shape index (κ1) is 20.2. The Bertz CT molecular complexity index is 1340. The number of hydrogen-bond acceptors (Lipinski definition) is 4. The molecule has 1 aliphatic heterocycles. The average molecular weight is 447 g/mol. The summed E-state index contributed by atoms with van der Waals surface area (Å²) in [6.07, 6.45) is 2.24. The van der Waals surface area contributed by atoms with Gasteiger partial charge in [-0.25, -0.2) is 4.39 Å². The molecule has 1 unspecified atom stereocenters. The summed E-state index contributed by atoms with van der Waals surface area (Å²) >= 11 is 1.27. The number of benzene rings is 2. The van der Waals surface area contributed by atoms with Gasteiger partial charge < -0.3 is 15.0 Å². The van der Waals surface area contributed by atoms with Crippen LogP contribution in [0, 0.1) is 5.82 Å². The molecule has 5 nitrogen and oxygen atoms in total. The molecule has 2 aromatic carbocycles. The number of halogens is 1. The van der Waals surface area contributed by atoms with Crippen molar-refractivity contribution in [1.29, 1.82) is 0 Å². The van der Waals surface area contributed by atoms with E-state index >= 15 is 0 Å². The molecular weight excluding hydrogens is 427 g/mol. The Kier molecular flexibility index (Phi) is 5.11. The largest absolute Gasteiger partial charge is 0.503 e. The molecule has 4 aromatic rings. The van der Waals surface area contributed by atoms with E-state index in [1.54, 1.807) is 35.8 Å². The molecule has 5 rings (SSSR count). The minimum Gasteiger partial charge on any atom is -0.503 e. The SMILES string of the molecule is O=C(C1=C(O)C(=O)N(CCc2ccc(F)cc2)C1c1c[nH]c2ccccc12)c1cccs1. The number of rotatable bonds is 6. The number of Topliss-reactive ketones (excluding diaryl/α,β-unsaturated/α-hetero) is 1. The first-order chi connectivity index (χ1) is 15.5. The van der Waals surface area contributed by atoms with Crippen molar-refractivity contribution in [3.63, 3.8) is 0 Å². The summed E-state index contributed by atoms with van der Waals surface area (Å²) in [4.78, 5) is 31.6. The molecule has 1 aliphatic rings. The van der Waals surface area contributed by atoms with Crippen molar-refractivity contribution in [2.45, 2.75) is 12.5 Å². The van der Waals surface area contributed by atoms with E-state index in [4.69, 9.17) is 0 Å². The number of carbonyl (C=O) groups is 2. The van der Waals surface area contributed by atoms with Crippen LogP contribution < -0.4 is 0 Å². The minimum atomic E-state index is -0.728. The van der Waals surface area contributed by atoms with Gasteiger partial charge in [-0.05, 0) is 41.6 Å². The molecule has 7 heteroatoms. The molecule has 0 saturated heterocycles. The summed E-state index contributed by atoms with van der Waals surface area (Å²) in [5, 5.41) is 13.4. The Labute approximate surface area is 187 Å². The second-order valence-electron chi connectivity index (χ2n) is 7.64. The zero-order valence-corrected chi connectivity index (χ0v) is 17.7. The van der Waals surface area contributed by atoms with Gasteiger partial charge in [0.15, 0.2) is 5.76 Å². The molecule has 2 aromatic heterocycles. The van der Waals surface area contributed by atoms with Crippen LogP contribution >= 0.6 is 11.3 Å². The number of nitrogens with zero attached hydrogens (tertiary/aromatic N) is 1. The van der Waals surface area contributed by atoms with Crippen LogP contribution in [0.15, 0.2) is 83.6 Å². The maximum Gasteiger partial charge on any atom is 0.290 e. The van der Waals surface area contributed by atoms with E-state index in [0.29, 0.717) is 11.3 Å². The number of aromatic nitrogens is 1. The van der Waals surface area contributed by atoms with E-state index in [9.17, 15) is 19.1 Å². The zero-order valence-electron chi connectivity index (χ0n) is 16.9. The molecule has 160 valence electrons. The lowest BCUT2D eigenvalue weighted by Crippen LogP contribution is -2.33. The van der Waals surface area contributed by atoms with Gasteiger partial charge in [0.25, 0.3) is 5.91 Å². The number of hydrogen-bond donors (Lipinski definition) is 2. The first-order valence-electron chi connectivity index (χ1n) is 10.2. The predicted molar refractivity (Wildman–Crippen MR) is 121 cm³/mol. The number of para-hydroxylation sites is 1. The van der Waals surface area contributed by atoms with Crippen LogP contribution in [-0.4, -0.2) is 33.2 Å². The monoisotopic (exact) mass is 446 g/mol. The van der Waals surface area contributed by atoms with Gasteiger partial charge in [-0.3, -0.25) is 9.59 Å². The molecule has 0 spiro atoms. The van der Waals surface area contributed by atoms with Crippen molar-refractivity contribution in [3.05, 3.63) is 105 Å². The van der Waals surface area contributed by atoms with E-state index in [2.05, 4.69) is 4.98 Å². The number of aliphatic hydroxyl groups excluding tert-OH is 1. The minimum absolute atomic E-state index is 0.0845. The Hall–Kier alpha value is -3.71. The highest BCUT2D eigenvalue weighted by Crippen LogP contribution is 2.42. The van der Waals surface area contributed by atoms with Gasteiger partial charge in [0.1, 0.15) is 5.82 Å².